The van der Waals surface area contributed by atoms with Crippen LogP contribution in [0.1, 0.15) is 172 Å². The molecule has 6 aromatic rings. The molecular weight excluding hydrogens is 983 g/mol. The summed E-state index contributed by atoms with van der Waals surface area (Å²) < 4.78 is 0. The summed E-state index contributed by atoms with van der Waals surface area (Å²) in [5.74, 6) is 0. The first-order valence-electron chi connectivity index (χ1n) is 25.3. The average Bonchev–Trinajstić information content (AvgIpc) is 3.35. The molecule has 0 aliphatic heterocycles. The molecule has 4 aromatic heterocycles. The molecule has 0 atom stereocenters. The quantitative estimate of drug-likeness (QED) is 0.0483. The van der Waals surface area contributed by atoms with Gasteiger partial charge >= 0.3 is 0 Å². The zero-order valence-electron chi connectivity index (χ0n) is 41.9. The van der Waals surface area contributed by atoms with Crippen LogP contribution in [0.2, 0.25) is 0 Å². The smallest absolute Gasteiger partial charge is 0.0270 e. The fourth-order valence-electron chi connectivity index (χ4n) is 6.83. The molecule has 6 rings (SSSR count). The van der Waals surface area contributed by atoms with E-state index in [2.05, 4.69) is 101 Å². The molecule has 0 fully saturated rings. The molecule has 0 saturated heterocycles. The van der Waals surface area contributed by atoms with E-state index in [0.29, 0.717) is 0 Å². The largest absolute Gasteiger partial charge is 0.321 e. The molecule has 0 amide bonds. The number of nitrogens with zero attached hydrogens (tertiary/aromatic N) is 4. The van der Waals surface area contributed by atoms with Gasteiger partial charge in [-0.15, -0.1) is 70.8 Å². The van der Waals surface area contributed by atoms with Crippen LogP contribution in [0.3, 0.4) is 0 Å². The van der Waals surface area contributed by atoms with E-state index >= 15 is 0 Å². The third kappa shape index (κ3) is 32.3. The number of pyridine rings is 4. The molecule has 0 unspecified atom stereocenters. The molecule has 0 bridgehead atoms. The predicted molar refractivity (Wildman–Crippen MR) is 281 cm³/mol. The second-order valence-corrected chi connectivity index (χ2v) is 17.0. The summed E-state index contributed by atoms with van der Waals surface area (Å²) in [4.78, 5) is 16.4. The fraction of sp³-hybridized carbons (Fsp3) is 0.467. The van der Waals surface area contributed by atoms with Gasteiger partial charge in [0.05, 0.1) is 0 Å². The molecule has 1 radical (unpaired) electrons. The number of hydrogen-bond donors (Lipinski definition) is 1. The summed E-state index contributed by atoms with van der Waals surface area (Å²) in [6.45, 7) is 14.9. The van der Waals surface area contributed by atoms with Crippen LogP contribution in [0.25, 0.3) is 22.5 Å². The second kappa shape index (κ2) is 43.2. The maximum atomic E-state index is 4.37. The van der Waals surface area contributed by atoms with E-state index in [1.807, 2.05) is 86.9 Å². The van der Waals surface area contributed by atoms with Gasteiger partial charge in [-0.2, -0.15) is 0 Å². The van der Waals surface area contributed by atoms with E-state index in [4.69, 9.17) is 0 Å². The summed E-state index contributed by atoms with van der Waals surface area (Å²) in [7, 11) is 0. The maximum absolute atomic E-state index is 4.37. The minimum absolute atomic E-state index is 0. The number of aryl methyl sites for hydroxylation is 3. The van der Waals surface area contributed by atoms with Crippen molar-refractivity contribution in [3.05, 3.63) is 169 Å². The predicted octanol–water partition coefficient (Wildman–Crippen LogP) is 17.0. The van der Waals surface area contributed by atoms with Crippen LogP contribution in [-0.4, -0.2) is 26.5 Å². The number of hydrogen-bond acceptors (Lipinski definition) is 5. The zero-order chi connectivity index (χ0) is 46.7. The number of nitrogens with one attached hydrogen (secondary N) is 1. The van der Waals surface area contributed by atoms with Crippen molar-refractivity contribution in [3.63, 3.8) is 0 Å². The summed E-state index contributed by atoms with van der Waals surface area (Å²) in [6, 6.07) is 39.4. The van der Waals surface area contributed by atoms with Gasteiger partial charge in [0.1, 0.15) is 0 Å². The van der Waals surface area contributed by atoms with Crippen LogP contribution in [0.5, 0.6) is 0 Å². The topological polar surface area (TPSA) is 63.6 Å². The first-order chi connectivity index (χ1) is 32.0. The normalized spacial score (nSPS) is 10.0. The monoisotopic (exact) mass is 1070 g/mol. The minimum atomic E-state index is 0. The molecule has 1 N–H and O–H groups in total. The molecule has 66 heavy (non-hydrogen) atoms. The minimum Gasteiger partial charge on any atom is -0.321 e. The Hall–Kier alpha value is -4.35. The Bertz CT molecular complexity index is 1730. The van der Waals surface area contributed by atoms with Crippen molar-refractivity contribution in [2.75, 3.05) is 6.54 Å². The standard InChI is InChI=1S/C23H32N.C22H31N2.2C6H7N.C3H8.Ir/c1-2-3-4-5-6-7-8-9-10-11-14-21-16-18-22(19-17-21)23-15-12-13-20-24-23;1-2-3-4-5-6-7-8-10-17-23-19-20-13-15-21(16-14-20)22-12-9-11-18-24-22;2*1-6-2-4-7-5-3-6;1-3-2;/h12-13,15-18,20H,2-11,14H2,1H3;9,11-15,18,23H,2-8,10,17,19H2,1H3;2*2-5H,1H3;3H2,1-2H3;/q2*-1;;;;. The van der Waals surface area contributed by atoms with Crippen molar-refractivity contribution in [1.82, 2.24) is 25.3 Å². The molecule has 5 nitrogen and oxygen atoms in total. The molecule has 0 aliphatic carbocycles. The summed E-state index contributed by atoms with van der Waals surface area (Å²) >= 11 is 0. The number of rotatable bonds is 24. The Morgan fingerprint density at radius 3 is 1.17 bits per heavy atom. The Balaban J connectivity index is 0.000000482. The molecule has 0 saturated carbocycles. The van der Waals surface area contributed by atoms with Crippen molar-refractivity contribution in [2.45, 2.75) is 177 Å². The van der Waals surface area contributed by atoms with Crippen molar-refractivity contribution in [2.24, 2.45) is 0 Å². The van der Waals surface area contributed by atoms with Crippen molar-refractivity contribution in [1.29, 1.82) is 0 Å². The van der Waals surface area contributed by atoms with Crippen LogP contribution in [0.4, 0.5) is 0 Å². The van der Waals surface area contributed by atoms with Gasteiger partial charge in [-0.1, -0.05) is 174 Å². The van der Waals surface area contributed by atoms with Crippen LogP contribution < -0.4 is 5.32 Å². The SMILES string of the molecule is CCC.CCCCCCCCCCCCc1c[c-]c(-c2ccccn2)cc1.CCCCCCCCCCNCc1c[c-]c(-c2ccccn2)cc1.Cc1ccncc1.Cc1ccncc1.[Ir]. The molecular formula is C60H85IrN5-2. The van der Waals surface area contributed by atoms with E-state index in [1.165, 1.54) is 151 Å². The van der Waals surface area contributed by atoms with Gasteiger partial charge in [0.25, 0.3) is 0 Å². The van der Waals surface area contributed by atoms with Crippen LogP contribution in [0.15, 0.2) is 134 Å². The van der Waals surface area contributed by atoms with E-state index in [9.17, 15) is 0 Å². The van der Waals surface area contributed by atoms with Gasteiger partial charge in [0.15, 0.2) is 0 Å². The van der Waals surface area contributed by atoms with Crippen LogP contribution in [0, 0.1) is 26.0 Å². The molecule has 2 aromatic carbocycles. The van der Waals surface area contributed by atoms with Gasteiger partial charge in [0.2, 0.25) is 0 Å². The number of benzene rings is 2. The van der Waals surface area contributed by atoms with E-state index in [-0.39, 0.29) is 20.1 Å². The maximum Gasteiger partial charge on any atom is 0.0270 e. The Labute approximate surface area is 417 Å². The first kappa shape index (κ1) is 59.7. The Morgan fingerprint density at radius 2 is 0.818 bits per heavy atom. The van der Waals surface area contributed by atoms with Crippen molar-refractivity contribution >= 4 is 0 Å². The van der Waals surface area contributed by atoms with Gasteiger partial charge in [-0.3, -0.25) is 9.97 Å². The molecule has 361 valence electrons. The van der Waals surface area contributed by atoms with E-state index in [1.54, 1.807) is 24.8 Å². The zero-order valence-corrected chi connectivity index (χ0v) is 44.3. The van der Waals surface area contributed by atoms with Gasteiger partial charge in [0, 0.05) is 57.3 Å². The third-order valence-corrected chi connectivity index (χ3v) is 10.7. The molecule has 0 spiro atoms. The van der Waals surface area contributed by atoms with Crippen molar-refractivity contribution in [3.8, 4) is 22.5 Å². The molecule has 4 heterocycles. The third-order valence-electron chi connectivity index (χ3n) is 10.7. The average molecular weight is 1070 g/mol. The van der Waals surface area contributed by atoms with E-state index in [0.717, 1.165) is 35.6 Å². The van der Waals surface area contributed by atoms with Gasteiger partial charge in [-0.05, 0) is 92.3 Å². The summed E-state index contributed by atoms with van der Waals surface area (Å²) in [5, 5.41) is 3.54. The Morgan fingerprint density at radius 1 is 0.424 bits per heavy atom. The van der Waals surface area contributed by atoms with Crippen LogP contribution in [-0.2, 0) is 33.1 Å². The van der Waals surface area contributed by atoms with Crippen molar-refractivity contribution < 1.29 is 20.1 Å². The fourth-order valence-corrected chi connectivity index (χ4v) is 6.83. The molecule has 0 aliphatic rings. The number of aromatic nitrogens is 4. The second-order valence-electron chi connectivity index (χ2n) is 17.0. The van der Waals surface area contributed by atoms with Gasteiger partial charge < -0.3 is 15.3 Å². The summed E-state index contributed by atoms with van der Waals surface area (Å²) in [5.41, 5.74) is 9.33. The summed E-state index contributed by atoms with van der Waals surface area (Å²) in [6.07, 6.45) is 38.2. The molecule has 6 heteroatoms. The van der Waals surface area contributed by atoms with E-state index < -0.39 is 0 Å². The first-order valence-corrected chi connectivity index (χ1v) is 25.3. The van der Waals surface area contributed by atoms with Gasteiger partial charge in [-0.25, -0.2) is 0 Å². The van der Waals surface area contributed by atoms with Crippen LogP contribution >= 0.6 is 0 Å². The Kier molecular flexibility index (Phi) is 39.1. The number of unbranched alkanes of at least 4 members (excludes halogenated alkanes) is 16.